The van der Waals surface area contributed by atoms with Gasteiger partial charge in [0.05, 0.1) is 0 Å². The van der Waals surface area contributed by atoms with Crippen LogP contribution in [0.4, 0.5) is 13.6 Å². The van der Waals surface area contributed by atoms with E-state index in [4.69, 9.17) is 4.74 Å². The summed E-state index contributed by atoms with van der Waals surface area (Å²) in [7, 11) is 0. The van der Waals surface area contributed by atoms with Crippen LogP contribution in [0, 0.1) is 5.92 Å². The monoisotopic (exact) mass is 241 g/mol. The van der Waals surface area contributed by atoms with Gasteiger partial charge in [-0.25, -0.2) is 13.6 Å². The molecule has 1 aromatic rings. The van der Waals surface area contributed by atoms with Gasteiger partial charge in [-0.2, -0.15) is 0 Å². The van der Waals surface area contributed by atoms with E-state index in [9.17, 15) is 13.6 Å². The molecule has 0 heterocycles. The second-order valence-electron chi connectivity index (χ2n) is 4.10. The molecular formula is C12H13F2NO2. The van der Waals surface area contributed by atoms with Gasteiger partial charge in [0.1, 0.15) is 6.61 Å². The van der Waals surface area contributed by atoms with Crippen molar-refractivity contribution in [2.24, 2.45) is 5.92 Å². The molecule has 1 unspecified atom stereocenters. The van der Waals surface area contributed by atoms with Gasteiger partial charge >= 0.3 is 6.09 Å². The van der Waals surface area contributed by atoms with Crippen LogP contribution in [-0.2, 0) is 11.3 Å². The summed E-state index contributed by atoms with van der Waals surface area (Å²) in [6.45, 7) is 0.119. The summed E-state index contributed by atoms with van der Waals surface area (Å²) in [5, 5.41) is 2.33. The van der Waals surface area contributed by atoms with Crippen LogP contribution in [0.1, 0.15) is 12.0 Å². The lowest BCUT2D eigenvalue weighted by Gasteiger charge is -2.06. The van der Waals surface area contributed by atoms with Crippen molar-refractivity contribution in [3.05, 3.63) is 35.9 Å². The number of halogens is 2. The van der Waals surface area contributed by atoms with Gasteiger partial charge in [-0.1, -0.05) is 30.3 Å². The first kappa shape index (κ1) is 11.8. The number of ether oxygens (including phenoxy) is 1. The fourth-order valence-electron chi connectivity index (χ4n) is 1.47. The molecule has 0 saturated heterocycles. The van der Waals surface area contributed by atoms with Gasteiger partial charge in [0.2, 0.25) is 0 Å². The smallest absolute Gasteiger partial charge is 0.407 e. The van der Waals surface area contributed by atoms with Crippen molar-refractivity contribution >= 4 is 6.09 Å². The molecule has 1 aliphatic rings. The summed E-state index contributed by atoms with van der Waals surface area (Å²) in [6.07, 6.45) is -0.803. The van der Waals surface area contributed by atoms with Crippen LogP contribution >= 0.6 is 0 Å². The molecule has 1 atom stereocenters. The number of amides is 1. The molecule has 0 bridgehead atoms. The van der Waals surface area contributed by atoms with Crippen LogP contribution in [0.15, 0.2) is 30.3 Å². The lowest BCUT2D eigenvalue weighted by Crippen LogP contribution is -2.27. The average Bonchev–Trinajstić information content (AvgIpc) is 2.93. The Bertz CT molecular complexity index is 395. The standard InChI is InChI=1S/C12H13F2NO2/c13-12(14)6-10(12)7-15-11(16)17-8-9-4-2-1-3-5-9/h1-5,10H,6-8H2,(H,15,16). The fourth-order valence-corrected chi connectivity index (χ4v) is 1.47. The molecule has 2 rings (SSSR count). The topological polar surface area (TPSA) is 38.3 Å². The second-order valence-corrected chi connectivity index (χ2v) is 4.10. The van der Waals surface area contributed by atoms with Crippen LogP contribution in [0.2, 0.25) is 0 Å². The lowest BCUT2D eigenvalue weighted by atomic mass is 10.2. The number of hydrogen-bond donors (Lipinski definition) is 1. The Morgan fingerprint density at radius 1 is 1.41 bits per heavy atom. The number of carbonyl (C=O) groups is 1. The highest BCUT2D eigenvalue weighted by Gasteiger charge is 2.56. The number of alkyl halides is 2. The molecular weight excluding hydrogens is 228 g/mol. The number of hydrogen-bond acceptors (Lipinski definition) is 2. The van der Waals surface area contributed by atoms with Crippen molar-refractivity contribution in [1.29, 1.82) is 0 Å². The van der Waals surface area contributed by atoms with Gasteiger partial charge in [-0.3, -0.25) is 0 Å². The van der Waals surface area contributed by atoms with E-state index in [1.807, 2.05) is 30.3 Å². The summed E-state index contributed by atoms with van der Waals surface area (Å²) >= 11 is 0. The molecule has 1 saturated carbocycles. The number of rotatable bonds is 4. The van der Waals surface area contributed by atoms with Crippen LogP contribution in [0.3, 0.4) is 0 Å². The Morgan fingerprint density at radius 3 is 2.65 bits per heavy atom. The Morgan fingerprint density at radius 2 is 2.06 bits per heavy atom. The molecule has 3 nitrogen and oxygen atoms in total. The van der Waals surface area contributed by atoms with Crippen LogP contribution in [0.25, 0.3) is 0 Å². The highest BCUT2D eigenvalue weighted by atomic mass is 19.3. The molecule has 1 fully saturated rings. The highest BCUT2D eigenvalue weighted by Crippen LogP contribution is 2.47. The highest BCUT2D eigenvalue weighted by molar-refractivity contribution is 5.67. The van der Waals surface area contributed by atoms with Crippen molar-refractivity contribution in [3.63, 3.8) is 0 Å². The molecule has 1 N–H and O–H groups in total. The van der Waals surface area contributed by atoms with Gasteiger partial charge in [0.25, 0.3) is 5.92 Å². The van der Waals surface area contributed by atoms with E-state index >= 15 is 0 Å². The lowest BCUT2D eigenvalue weighted by molar-refractivity contribution is 0.0967. The molecule has 0 aliphatic heterocycles. The third-order valence-electron chi connectivity index (χ3n) is 2.66. The molecule has 0 aromatic heterocycles. The van der Waals surface area contributed by atoms with E-state index in [0.29, 0.717) is 0 Å². The Kier molecular flexibility index (Phi) is 3.26. The first-order chi connectivity index (χ1) is 8.08. The first-order valence-corrected chi connectivity index (χ1v) is 5.40. The zero-order valence-corrected chi connectivity index (χ0v) is 9.16. The molecule has 0 radical (unpaired) electrons. The summed E-state index contributed by atoms with van der Waals surface area (Å²) < 4.78 is 29.9. The van der Waals surface area contributed by atoms with Gasteiger partial charge < -0.3 is 10.1 Å². The van der Waals surface area contributed by atoms with Crippen LogP contribution in [0.5, 0.6) is 0 Å². The zero-order valence-electron chi connectivity index (χ0n) is 9.16. The quantitative estimate of drug-likeness (QED) is 0.879. The van der Waals surface area contributed by atoms with Crippen molar-refractivity contribution in [2.45, 2.75) is 19.0 Å². The number of benzene rings is 1. The predicted octanol–water partition coefficient (Wildman–Crippen LogP) is 2.57. The van der Waals surface area contributed by atoms with Crippen LogP contribution < -0.4 is 5.32 Å². The minimum absolute atomic E-state index is 0.0272. The predicted molar refractivity (Wildman–Crippen MR) is 57.7 cm³/mol. The molecule has 0 spiro atoms. The van der Waals surface area contributed by atoms with Crippen molar-refractivity contribution in [1.82, 2.24) is 5.32 Å². The zero-order chi connectivity index (χ0) is 12.3. The Labute approximate surface area is 97.8 Å². The van der Waals surface area contributed by atoms with E-state index in [-0.39, 0.29) is 19.6 Å². The molecule has 1 aromatic carbocycles. The van der Waals surface area contributed by atoms with E-state index in [1.54, 1.807) is 0 Å². The average molecular weight is 241 g/mol. The fraction of sp³-hybridized carbons (Fsp3) is 0.417. The summed E-state index contributed by atoms with van der Waals surface area (Å²) in [5.41, 5.74) is 0.861. The minimum atomic E-state index is -2.60. The number of nitrogens with one attached hydrogen (secondary N) is 1. The normalized spacial score (nSPS) is 20.7. The van der Waals surface area contributed by atoms with Crippen molar-refractivity contribution < 1.29 is 18.3 Å². The molecule has 1 aliphatic carbocycles. The van der Waals surface area contributed by atoms with Crippen molar-refractivity contribution in [2.75, 3.05) is 6.54 Å². The van der Waals surface area contributed by atoms with Gasteiger partial charge in [0, 0.05) is 18.9 Å². The third-order valence-corrected chi connectivity index (χ3v) is 2.66. The summed E-state index contributed by atoms with van der Waals surface area (Å²) in [5.74, 6) is -3.33. The van der Waals surface area contributed by atoms with E-state index in [2.05, 4.69) is 5.32 Å². The Balaban J connectivity index is 1.65. The maximum Gasteiger partial charge on any atom is 0.407 e. The largest absolute Gasteiger partial charge is 0.445 e. The van der Waals surface area contributed by atoms with E-state index in [1.165, 1.54) is 0 Å². The van der Waals surface area contributed by atoms with Gasteiger partial charge in [-0.15, -0.1) is 0 Å². The number of alkyl carbamates (subject to hydrolysis) is 1. The summed E-state index contributed by atoms with van der Waals surface area (Å²) in [4.78, 5) is 11.2. The molecule has 5 heteroatoms. The van der Waals surface area contributed by atoms with Crippen LogP contribution in [-0.4, -0.2) is 18.6 Å². The maximum atomic E-state index is 12.5. The number of carbonyl (C=O) groups excluding carboxylic acids is 1. The molecule has 1 amide bonds. The second kappa shape index (κ2) is 4.69. The minimum Gasteiger partial charge on any atom is -0.445 e. The first-order valence-electron chi connectivity index (χ1n) is 5.40. The SMILES string of the molecule is O=C(NCC1CC1(F)F)OCc1ccccc1. The van der Waals surface area contributed by atoms with Gasteiger partial charge in [-0.05, 0) is 5.56 Å². The van der Waals surface area contributed by atoms with Crippen molar-refractivity contribution in [3.8, 4) is 0 Å². The van der Waals surface area contributed by atoms with E-state index in [0.717, 1.165) is 5.56 Å². The Hall–Kier alpha value is -1.65. The molecule has 92 valence electrons. The maximum absolute atomic E-state index is 12.5. The molecule has 17 heavy (non-hydrogen) atoms. The van der Waals surface area contributed by atoms with Gasteiger partial charge in [0.15, 0.2) is 0 Å². The third kappa shape index (κ3) is 3.41. The summed E-state index contributed by atoms with van der Waals surface area (Å²) in [6, 6.07) is 9.17. The van der Waals surface area contributed by atoms with E-state index < -0.39 is 17.9 Å².